The maximum atomic E-state index is 5.46. The molecule has 0 amide bonds. The molecule has 3 nitrogen and oxygen atoms in total. The molecule has 0 aromatic heterocycles. The van der Waals surface area contributed by atoms with Crippen molar-refractivity contribution in [1.82, 2.24) is 10.6 Å². The van der Waals surface area contributed by atoms with E-state index in [1.807, 2.05) is 7.05 Å². The Kier molecular flexibility index (Phi) is 4.58. The molecule has 1 saturated carbocycles. The molecule has 0 aromatic rings. The maximum Gasteiger partial charge on any atom is 0.0604 e. The predicted octanol–water partition coefficient (Wildman–Crippen LogP) is 0.363. The van der Waals surface area contributed by atoms with Crippen molar-refractivity contribution in [1.29, 1.82) is 0 Å². The van der Waals surface area contributed by atoms with Crippen LogP contribution in [0.3, 0.4) is 0 Å². The molecule has 0 spiro atoms. The smallest absolute Gasteiger partial charge is 0.0604 e. The van der Waals surface area contributed by atoms with Crippen LogP contribution in [0.4, 0.5) is 0 Å². The van der Waals surface area contributed by atoms with Gasteiger partial charge in [0.15, 0.2) is 0 Å². The molecule has 3 heteroatoms. The Morgan fingerprint density at radius 2 is 2.08 bits per heavy atom. The van der Waals surface area contributed by atoms with Crippen molar-refractivity contribution >= 4 is 0 Å². The van der Waals surface area contributed by atoms with Gasteiger partial charge in [0.2, 0.25) is 0 Å². The number of hydrogen-bond acceptors (Lipinski definition) is 3. The number of nitrogens with one attached hydrogen (secondary N) is 2. The van der Waals surface area contributed by atoms with Gasteiger partial charge in [-0.3, -0.25) is 0 Å². The lowest BCUT2D eigenvalue weighted by molar-refractivity contribution is -0.00957. The summed E-state index contributed by atoms with van der Waals surface area (Å²) in [5.41, 5.74) is 0. The van der Waals surface area contributed by atoms with Crippen molar-refractivity contribution in [2.75, 3.05) is 26.7 Å². The molecule has 0 radical (unpaired) electrons. The van der Waals surface area contributed by atoms with Gasteiger partial charge in [0.1, 0.15) is 0 Å². The van der Waals surface area contributed by atoms with Gasteiger partial charge in [-0.05, 0) is 26.8 Å². The third-order valence-corrected chi connectivity index (χ3v) is 2.31. The highest BCUT2D eigenvalue weighted by atomic mass is 16.5. The second-order valence-electron chi connectivity index (χ2n) is 3.30. The van der Waals surface area contributed by atoms with Gasteiger partial charge >= 0.3 is 0 Å². The number of rotatable bonds is 6. The first-order chi connectivity index (χ1) is 5.86. The number of ether oxygens (including phenoxy) is 1. The molecule has 0 aliphatic heterocycles. The zero-order valence-electron chi connectivity index (χ0n) is 8.10. The quantitative estimate of drug-likeness (QED) is 0.568. The first-order valence-corrected chi connectivity index (χ1v) is 4.86. The lowest BCUT2D eigenvalue weighted by Gasteiger charge is -2.35. The van der Waals surface area contributed by atoms with Gasteiger partial charge < -0.3 is 15.4 Å². The van der Waals surface area contributed by atoms with E-state index in [1.165, 1.54) is 12.8 Å². The van der Waals surface area contributed by atoms with Crippen LogP contribution < -0.4 is 10.6 Å². The van der Waals surface area contributed by atoms with Crippen LogP contribution in [-0.2, 0) is 4.74 Å². The number of likely N-dealkylation sites (N-methyl/N-ethyl adjacent to an activating group) is 1. The van der Waals surface area contributed by atoms with E-state index in [2.05, 4.69) is 17.6 Å². The fraction of sp³-hybridized carbons (Fsp3) is 1.00. The van der Waals surface area contributed by atoms with E-state index in [0.29, 0.717) is 12.1 Å². The van der Waals surface area contributed by atoms with Crippen LogP contribution in [0.5, 0.6) is 0 Å². The SMILES string of the molecule is CCOC1CC(NCCNC)C1. The Bertz CT molecular complexity index is 110. The molecular formula is C9H20N2O. The summed E-state index contributed by atoms with van der Waals surface area (Å²) in [4.78, 5) is 0. The normalized spacial score (nSPS) is 28.5. The Balaban J connectivity index is 1.88. The minimum absolute atomic E-state index is 0.530. The Labute approximate surface area is 74.9 Å². The molecule has 1 aliphatic rings. The zero-order valence-corrected chi connectivity index (χ0v) is 8.10. The van der Waals surface area contributed by atoms with E-state index >= 15 is 0 Å². The van der Waals surface area contributed by atoms with Gasteiger partial charge in [0, 0.05) is 25.7 Å². The molecule has 1 rings (SSSR count). The third kappa shape index (κ3) is 3.09. The fourth-order valence-corrected chi connectivity index (χ4v) is 1.51. The summed E-state index contributed by atoms with van der Waals surface area (Å²) < 4.78 is 5.46. The summed E-state index contributed by atoms with van der Waals surface area (Å²) >= 11 is 0. The highest BCUT2D eigenvalue weighted by Crippen LogP contribution is 2.22. The molecule has 0 heterocycles. The fourth-order valence-electron chi connectivity index (χ4n) is 1.51. The van der Waals surface area contributed by atoms with Crippen molar-refractivity contribution in [2.45, 2.75) is 31.9 Å². The van der Waals surface area contributed by atoms with E-state index in [9.17, 15) is 0 Å². The second kappa shape index (κ2) is 5.51. The minimum Gasteiger partial charge on any atom is -0.378 e. The van der Waals surface area contributed by atoms with Gasteiger partial charge in [0.25, 0.3) is 0 Å². The Hall–Kier alpha value is -0.120. The van der Waals surface area contributed by atoms with Crippen LogP contribution in [0.1, 0.15) is 19.8 Å². The minimum atomic E-state index is 0.530. The molecular weight excluding hydrogens is 152 g/mol. The highest BCUT2D eigenvalue weighted by molar-refractivity contribution is 4.85. The summed E-state index contributed by atoms with van der Waals surface area (Å²) in [5.74, 6) is 0. The summed E-state index contributed by atoms with van der Waals surface area (Å²) in [6, 6.07) is 0.704. The maximum absolute atomic E-state index is 5.46. The van der Waals surface area contributed by atoms with Crippen LogP contribution >= 0.6 is 0 Å². The largest absolute Gasteiger partial charge is 0.378 e. The summed E-state index contributed by atoms with van der Waals surface area (Å²) in [7, 11) is 1.98. The standard InChI is InChI=1S/C9H20N2O/c1-3-12-9-6-8(7-9)11-5-4-10-2/h8-11H,3-7H2,1-2H3. The number of hydrogen-bond donors (Lipinski definition) is 2. The van der Waals surface area contributed by atoms with Gasteiger partial charge in [-0.1, -0.05) is 0 Å². The van der Waals surface area contributed by atoms with Gasteiger partial charge in [-0.15, -0.1) is 0 Å². The monoisotopic (exact) mass is 172 g/mol. The zero-order chi connectivity index (χ0) is 8.81. The third-order valence-electron chi connectivity index (χ3n) is 2.31. The van der Waals surface area contributed by atoms with Crippen LogP contribution in [0.25, 0.3) is 0 Å². The molecule has 0 saturated heterocycles. The van der Waals surface area contributed by atoms with Gasteiger partial charge in [-0.25, -0.2) is 0 Å². The Morgan fingerprint density at radius 1 is 1.33 bits per heavy atom. The highest BCUT2D eigenvalue weighted by Gasteiger charge is 2.28. The van der Waals surface area contributed by atoms with Crippen LogP contribution in [0.2, 0.25) is 0 Å². The molecule has 1 aliphatic carbocycles. The van der Waals surface area contributed by atoms with Crippen molar-refractivity contribution in [3.05, 3.63) is 0 Å². The molecule has 72 valence electrons. The van der Waals surface area contributed by atoms with Crippen molar-refractivity contribution in [2.24, 2.45) is 0 Å². The van der Waals surface area contributed by atoms with Crippen LogP contribution in [0.15, 0.2) is 0 Å². The molecule has 0 unspecified atom stereocenters. The van der Waals surface area contributed by atoms with Gasteiger partial charge in [-0.2, -0.15) is 0 Å². The first-order valence-electron chi connectivity index (χ1n) is 4.86. The summed E-state index contributed by atoms with van der Waals surface area (Å²) in [5, 5.41) is 6.58. The summed E-state index contributed by atoms with van der Waals surface area (Å²) in [6.45, 7) is 5.03. The van der Waals surface area contributed by atoms with Crippen LogP contribution in [0, 0.1) is 0 Å². The van der Waals surface area contributed by atoms with E-state index in [1.54, 1.807) is 0 Å². The average Bonchev–Trinajstić information content (AvgIpc) is 2.00. The molecule has 0 aromatic carbocycles. The summed E-state index contributed by atoms with van der Waals surface area (Å²) in [6.07, 6.45) is 2.91. The second-order valence-corrected chi connectivity index (χ2v) is 3.30. The van der Waals surface area contributed by atoms with Crippen LogP contribution in [-0.4, -0.2) is 38.9 Å². The topological polar surface area (TPSA) is 33.3 Å². The lowest BCUT2D eigenvalue weighted by atomic mass is 9.89. The molecule has 0 atom stereocenters. The van der Waals surface area contributed by atoms with E-state index < -0.39 is 0 Å². The van der Waals surface area contributed by atoms with Crippen molar-refractivity contribution in [3.8, 4) is 0 Å². The molecule has 2 N–H and O–H groups in total. The lowest BCUT2D eigenvalue weighted by Crippen LogP contribution is -2.47. The van der Waals surface area contributed by atoms with Crippen molar-refractivity contribution in [3.63, 3.8) is 0 Å². The van der Waals surface area contributed by atoms with E-state index in [4.69, 9.17) is 4.74 Å². The average molecular weight is 172 g/mol. The first kappa shape index (κ1) is 9.96. The Morgan fingerprint density at radius 3 is 2.67 bits per heavy atom. The molecule has 12 heavy (non-hydrogen) atoms. The molecule has 1 fully saturated rings. The van der Waals surface area contributed by atoms with Gasteiger partial charge in [0.05, 0.1) is 6.10 Å². The van der Waals surface area contributed by atoms with E-state index in [0.717, 1.165) is 19.7 Å². The predicted molar refractivity (Wildman–Crippen MR) is 50.4 cm³/mol. The van der Waals surface area contributed by atoms with Crippen molar-refractivity contribution < 1.29 is 4.74 Å². The van der Waals surface area contributed by atoms with E-state index in [-0.39, 0.29) is 0 Å². The molecule has 0 bridgehead atoms.